The molecule has 0 aromatic heterocycles. The lowest BCUT2D eigenvalue weighted by atomic mass is 10.1. The molecule has 0 aliphatic carbocycles. The molecule has 1 aliphatic heterocycles. The van der Waals surface area contributed by atoms with Gasteiger partial charge in [-0.05, 0) is 29.3 Å². The molecule has 2 aromatic rings. The van der Waals surface area contributed by atoms with Gasteiger partial charge in [0.1, 0.15) is 11.6 Å². The normalized spacial score (nSPS) is 14.9. The molecule has 1 fully saturated rings. The zero-order valence-electron chi connectivity index (χ0n) is 14.9. The molecule has 1 aliphatic rings. The van der Waals surface area contributed by atoms with E-state index in [9.17, 15) is 13.6 Å². The summed E-state index contributed by atoms with van der Waals surface area (Å²) in [5.74, 6) is -0.501. The van der Waals surface area contributed by atoms with Crippen molar-refractivity contribution in [2.45, 2.75) is 13.0 Å². The van der Waals surface area contributed by atoms with E-state index in [0.29, 0.717) is 12.1 Å². The molecule has 0 radical (unpaired) electrons. The van der Waals surface area contributed by atoms with Crippen LogP contribution in [-0.2, 0) is 17.8 Å². The van der Waals surface area contributed by atoms with Gasteiger partial charge < -0.3 is 0 Å². The molecule has 2 aromatic carbocycles. The fraction of sp³-hybridized carbons (Fsp3) is 0.350. The zero-order valence-corrected chi connectivity index (χ0v) is 16.6. The van der Waals surface area contributed by atoms with Crippen LogP contribution >= 0.6 is 24.8 Å². The van der Waals surface area contributed by atoms with E-state index in [-0.39, 0.29) is 48.7 Å². The van der Waals surface area contributed by atoms with Crippen LogP contribution in [0.2, 0.25) is 0 Å². The quantitative estimate of drug-likeness (QED) is 0.716. The minimum Gasteiger partial charge on any atom is -0.298 e. The van der Waals surface area contributed by atoms with Crippen molar-refractivity contribution >= 4 is 30.6 Å². The first-order valence-corrected chi connectivity index (χ1v) is 8.54. The summed E-state index contributed by atoms with van der Waals surface area (Å²) in [6.07, 6.45) is 0.141. The Morgan fingerprint density at radius 3 is 2.07 bits per heavy atom. The molecular formula is C20H24Cl2F2N2O. The molecule has 148 valence electrons. The van der Waals surface area contributed by atoms with Crippen molar-refractivity contribution in [1.82, 2.24) is 9.80 Å². The number of rotatable bonds is 6. The minimum atomic E-state index is -0.319. The Bertz CT molecular complexity index is 720. The van der Waals surface area contributed by atoms with Gasteiger partial charge >= 0.3 is 0 Å². The van der Waals surface area contributed by atoms with E-state index in [2.05, 4.69) is 9.80 Å². The highest BCUT2D eigenvalue weighted by Crippen LogP contribution is 2.11. The van der Waals surface area contributed by atoms with E-state index in [1.54, 1.807) is 30.3 Å². The number of carbonyl (C=O) groups is 1. The van der Waals surface area contributed by atoms with Crippen LogP contribution in [0.15, 0.2) is 48.5 Å². The van der Waals surface area contributed by atoms with Crippen molar-refractivity contribution < 1.29 is 13.6 Å². The number of nitrogens with zero attached hydrogens (tertiary/aromatic N) is 2. The minimum absolute atomic E-state index is 0. The summed E-state index contributed by atoms with van der Waals surface area (Å²) >= 11 is 0. The van der Waals surface area contributed by atoms with Crippen LogP contribution in [-0.4, -0.2) is 48.3 Å². The molecule has 0 atom stereocenters. The third kappa shape index (κ3) is 7.18. The Kier molecular flexibility index (Phi) is 9.88. The molecule has 7 heteroatoms. The lowest BCUT2D eigenvalue weighted by molar-refractivity contribution is -0.120. The molecule has 27 heavy (non-hydrogen) atoms. The Balaban J connectivity index is 0.00000182. The number of Topliss-reactive ketones (excluding diaryl/α,β-unsaturated/α-hetero) is 1. The van der Waals surface area contributed by atoms with Crippen molar-refractivity contribution in [3.63, 3.8) is 0 Å². The standard InChI is InChI=1S/C20H22F2N2O.2ClH/c21-18-7-5-16(6-8-18)14-23-9-11-24(12-10-23)15-19(25)13-17-3-1-2-4-20(17)22;;/h1-8H,9-15H2;2*1H. The number of hydrogen-bond acceptors (Lipinski definition) is 3. The third-order valence-corrected chi connectivity index (χ3v) is 4.53. The van der Waals surface area contributed by atoms with E-state index in [4.69, 9.17) is 0 Å². The van der Waals surface area contributed by atoms with E-state index in [1.807, 2.05) is 0 Å². The second-order valence-electron chi connectivity index (χ2n) is 6.49. The van der Waals surface area contributed by atoms with Crippen molar-refractivity contribution in [1.29, 1.82) is 0 Å². The molecule has 1 saturated heterocycles. The highest BCUT2D eigenvalue weighted by atomic mass is 35.5. The van der Waals surface area contributed by atoms with Crippen LogP contribution in [0.5, 0.6) is 0 Å². The highest BCUT2D eigenvalue weighted by Gasteiger charge is 2.19. The van der Waals surface area contributed by atoms with E-state index < -0.39 is 0 Å². The first kappa shape index (κ1) is 23.5. The predicted octanol–water partition coefficient (Wildman–Crippen LogP) is 3.74. The second-order valence-corrected chi connectivity index (χ2v) is 6.49. The van der Waals surface area contributed by atoms with Crippen LogP contribution in [0.3, 0.4) is 0 Å². The topological polar surface area (TPSA) is 23.6 Å². The lowest BCUT2D eigenvalue weighted by Crippen LogP contribution is -2.47. The van der Waals surface area contributed by atoms with Crippen molar-refractivity contribution in [2.24, 2.45) is 0 Å². The zero-order chi connectivity index (χ0) is 17.6. The van der Waals surface area contributed by atoms with Gasteiger partial charge in [0, 0.05) is 39.1 Å². The number of piperazine rings is 1. The molecule has 3 rings (SSSR count). The summed E-state index contributed by atoms with van der Waals surface area (Å²) in [4.78, 5) is 16.6. The maximum Gasteiger partial charge on any atom is 0.151 e. The molecule has 3 nitrogen and oxygen atoms in total. The Hall–Kier alpha value is -1.53. The maximum atomic E-state index is 13.6. The van der Waals surface area contributed by atoms with E-state index in [0.717, 1.165) is 38.3 Å². The molecule has 0 unspecified atom stereocenters. The van der Waals surface area contributed by atoms with Crippen LogP contribution in [0.4, 0.5) is 8.78 Å². The van der Waals surface area contributed by atoms with Gasteiger partial charge in [0.05, 0.1) is 6.54 Å². The van der Waals surface area contributed by atoms with Crippen LogP contribution < -0.4 is 0 Å². The van der Waals surface area contributed by atoms with Gasteiger partial charge in [0.25, 0.3) is 0 Å². The summed E-state index contributed by atoms with van der Waals surface area (Å²) in [7, 11) is 0. The van der Waals surface area contributed by atoms with Gasteiger partial charge in [-0.1, -0.05) is 30.3 Å². The smallest absolute Gasteiger partial charge is 0.151 e. The monoisotopic (exact) mass is 416 g/mol. The summed E-state index contributed by atoms with van der Waals surface area (Å²) in [5, 5.41) is 0. The molecular weight excluding hydrogens is 393 g/mol. The first-order valence-electron chi connectivity index (χ1n) is 8.54. The SMILES string of the molecule is Cl.Cl.O=C(Cc1ccccc1F)CN1CCN(Cc2ccc(F)cc2)CC1. The van der Waals surface area contributed by atoms with E-state index >= 15 is 0 Å². The fourth-order valence-electron chi connectivity index (χ4n) is 3.11. The average molecular weight is 417 g/mol. The second kappa shape index (κ2) is 11.3. The van der Waals surface area contributed by atoms with Gasteiger partial charge in [0.2, 0.25) is 0 Å². The third-order valence-electron chi connectivity index (χ3n) is 4.53. The Morgan fingerprint density at radius 1 is 0.852 bits per heavy atom. The average Bonchev–Trinajstić information content (AvgIpc) is 2.61. The number of benzene rings is 2. The molecule has 0 bridgehead atoms. The van der Waals surface area contributed by atoms with Crippen LogP contribution in [0, 0.1) is 11.6 Å². The van der Waals surface area contributed by atoms with Crippen molar-refractivity contribution in [2.75, 3.05) is 32.7 Å². The largest absolute Gasteiger partial charge is 0.298 e. The lowest BCUT2D eigenvalue weighted by Gasteiger charge is -2.34. The summed E-state index contributed by atoms with van der Waals surface area (Å²) in [6, 6.07) is 13.0. The molecule has 1 heterocycles. The molecule has 0 spiro atoms. The Labute approximate surface area is 171 Å². The number of hydrogen-bond donors (Lipinski definition) is 0. The highest BCUT2D eigenvalue weighted by molar-refractivity contribution is 5.85. The predicted molar refractivity (Wildman–Crippen MR) is 108 cm³/mol. The van der Waals surface area contributed by atoms with Crippen molar-refractivity contribution in [3.8, 4) is 0 Å². The first-order chi connectivity index (χ1) is 12.1. The molecule has 0 amide bonds. The fourth-order valence-corrected chi connectivity index (χ4v) is 3.11. The number of ketones is 1. The van der Waals surface area contributed by atoms with Gasteiger partial charge in [-0.3, -0.25) is 14.6 Å². The van der Waals surface area contributed by atoms with Gasteiger partial charge in [0.15, 0.2) is 5.78 Å². The molecule has 0 saturated carbocycles. The maximum absolute atomic E-state index is 13.6. The Morgan fingerprint density at radius 2 is 1.44 bits per heavy atom. The van der Waals surface area contributed by atoms with Gasteiger partial charge in [-0.2, -0.15) is 0 Å². The van der Waals surface area contributed by atoms with Gasteiger partial charge in [-0.25, -0.2) is 8.78 Å². The molecule has 0 N–H and O–H groups in total. The van der Waals surface area contributed by atoms with Crippen LogP contribution in [0.25, 0.3) is 0 Å². The number of carbonyl (C=O) groups excluding carboxylic acids is 1. The summed E-state index contributed by atoms with van der Waals surface area (Å²) in [5.41, 5.74) is 1.55. The van der Waals surface area contributed by atoms with Gasteiger partial charge in [-0.15, -0.1) is 24.8 Å². The number of halogens is 4. The summed E-state index contributed by atoms with van der Waals surface area (Å²) in [6.45, 7) is 4.50. The summed E-state index contributed by atoms with van der Waals surface area (Å²) < 4.78 is 26.6. The van der Waals surface area contributed by atoms with Crippen LogP contribution in [0.1, 0.15) is 11.1 Å². The van der Waals surface area contributed by atoms with E-state index in [1.165, 1.54) is 18.2 Å². The van der Waals surface area contributed by atoms with Crippen molar-refractivity contribution in [3.05, 3.63) is 71.3 Å².